The zero-order valence-electron chi connectivity index (χ0n) is 21.5. The van der Waals surface area contributed by atoms with E-state index in [-0.39, 0.29) is 30.4 Å². The number of amides is 1. The maximum absolute atomic E-state index is 13.7. The van der Waals surface area contributed by atoms with Crippen molar-refractivity contribution >= 4 is 23.0 Å². The molecule has 2 aromatic carbocycles. The lowest BCUT2D eigenvalue weighted by atomic mass is 10.1. The zero-order chi connectivity index (χ0) is 26.6. The summed E-state index contributed by atoms with van der Waals surface area (Å²) in [7, 11) is 0. The Hall–Kier alpha value is -4.24. The Bertz CT molecular complexity index is 1640. The standard InChI is InChI=1S/C30H29N5O3S/c36-25(33-14-8-3-9-15-33)20-34-16-17-35-29(37)27(38-21-23-12-6-2-7-13-23)26(32-30(34)35)28-31-19-24(39-28)18-22-10-4-1-5-11-22/h1-2,4-7,10-13,16-17,19H,3,8-9,14-15,18,20-21H2. The van der Waals surface area contributed by atoms with Crippen LogP contribution in [0.4, 0.5) is 0 Å². The van der Waals surface area contributed by atoms with E-state index in [9.17, 15) is 9.59 Å². The van der Waals surface area contributed by atoms with Crippen LogP contribution in [0.1, 0.15) is 35.3 Å². The van der Waals surface area contributed by atoms with Gasteiger partial charge in [0.2, 0.25) is 17.4 Å². The molecule has 0 saturated carbocycles. The van der Waals surface area contributed by atoms with E-state index < -0.39 is 0 Å². The van der Waals surface area contributed by atoms with E-state index in [1.807, 2.05) is 59.6 Å². The minimum absolute atomic E-state index is 0.0346. The third-order valence-electron chi connectivity index (χ3n) is 6.93. The van der Waals surface area contributed by atoms with Crippen LogP contribution in [0.25, 0.3) is 16.5 Å². The van der Waals surface area contributed by atoms with Crippen LogP contribution < -0.4 is 10.3 Å². The number of nitrogens with zero attached hydrogens (tertiary/aromatic N) is 5. The highest BCUT2D eigenvalue weighted by atomic mass is 32.1. The molecule has 0 radical (unpaired) electrons. The molecule has 198 valence electrons. The topological polar surface area (TPSA) is 81.7 Å². The fourth-order valence-corrected chi connectivity index (χ4v) is 5.80. The van der Waals surface area contributed by atoms with E-state index in [0.29, 0.717) is 16.5 Å². The number of aromatic nitrogens is 4. The van der Waals surface area contributed by atoms with Crippen LogP contribution in [0, 0.1) is 0 Å². The van der Waals surface area contributed by atoms with Crippen molar-refractivity contribution in [1.29, 1.82) is 0 Å². The quantitative estimate of drug-likeness (QED) is 0.283. The van der Waals surface area contributed by atoms with Gasteiger partial charge in [0.25, 0.3) is 0 Å². The summed E-state index contributed by atoms with van der Waals surface area (Å²) in [5.74, 6) is 0.580. The van der Waals surface area contributed by atoms with Gasteiger partial charge in [-0.3, -0.25) is 9.59 Å². The lowest BCUT2D eigenvalue weighted by Crippen LogP contribution is -2.37. The maximum Gasteiger partial charge on any atom is 0.302 e. The molecule has 39 heavy (non-hydrogen) atoms. The van der Waals surface area contributed by atoms with E-state index in [1.165, 1.54) is 21.3 Å². The molecule has 0 aliphatic carbocycles. The van der Waals surface area contributed by atoms with Gasteiger partial charge in [-0.1, -0.05) is 60.7 Å². The van der Waals surface area contributed by atoms with Crippen LogP contribution in [-0.4, -0.2) is 42.8 Å². The largest absolute Gasteiger partial charge is 0.481 e. The van der Waals surface area contributed by atoms with Gasteiger partial charge in [0.15, 0.2) is 5.69 Å². The highest BCUT2D eigenvalue weighted by Gasteiger charge is 2.23. The normalized spacial score (nSPS) is 13.6. The molecule has 0 unspecified atom stereocenters. The van der Waals surface area contributed by atoms with E-state index >= 15 is 0 Å². The second-order valence-electron chi connectivity index (χ2n) is 9.70. The van der Waals surface area contributed by atoms with Gasteiger partial charge in [-0.25, -0.2) is 14.4 Å². The predicted octanol–water partition coefficient (Wildman–Crippen LogP) is 4.80. The van der Waals surface area contributed by atoms with Crippen molar-refractivity contribution in [2.45, 2.75) is 38.8 Å². The first kappa shape index (κ1) is 25.1. The zero-order valence-corrected chi connectivity index (χ0v) is 22.3. The summed E-state index contributed by atoms with van der Waals surface area (Å²) >= 11 is 1.49. The second-order valence-corrected chi connectivity index (χ2v) is 10.8. The fourth-order valence-electron chi connectivity index (χ4n) is 4.87. The summed E-state index contributed by atoms with van der Waals surface area (Å²) < 4.78 is 9.30. The summed E-state index contributed by atoms with van der Waals surface area (Å²) in [5, 5.41) is 0.610. The van der Waals surface area contributed by atoms with Gasteiger partial charge < -0.3 is 14.2 Å². The summed E-state index contributed by atoms with van der Waals surface area (Å²) in [6, 6.07) is 19.9. The Balaban J connectivity index is 1.37. The number of imidazole rings is 1. The Morgan fingerprint density at radius 3 is 2.38 bits per heavy atom. The Labute approximate surface area is 230 Å². The molecule has 6 rings (SSSR count). The lowest BCUT2D eigenvalue weighted by Gasteiger charge is -2.26. The molecule has 0 atom stereocenters. The minimum Gasteiger partial charge on any atom is -0.481 e. The molecule has 8 nitrogen and oxygen atoms in total. The summed E-state index contributed by atoms with van der Waals surface area (Å²) in [6.07, 6.45) is 9.16. The Morgan fingerprint density at radius 1 is 0.923 bits per heavy atom. The lowest BCUT2D eigenvalue weighted by molar-refractivity contribution is -0.132. The van der Waals surface area contributed by atoms with Crippen molar-refractivity contribution in [2.24, 2.45) is 0 Å². The first-order valence-electron chi connectivity index (χ1n) is 13.2. The molecular weight excluding hydrogens is 510 g/mol. The highest BCUT2D eigenvalue weighted by Crippen LogP contribution is 2.31. The highest BCUT2D eigenvalue weighted by molar-refractivity contribution is 7.15. The molecule has 0 N–H and O–H groups in total. The van der Waals surface area contributed by atoms with Crippen LogP contribution in [0.2, 0.25) is 0 Å². The van der Waals surface area contributed by atoms with Crippen LogP contribution in [0.3, 0.4) is 0 Å². The van der Waals surface area contributed by atoms with E-state index in [2.05, 4.69) is 17.1 Å². The molecule has 1 saturated heterocycles. The van der Waals surface area contributed by atoms with Crippen LogP contribution in [0.5, 0.6) is 5.75 Å². The van der Waals surface area contributed by atoms with Crippen molar-refractivity contribution in [2.75, 3.05) is 13.1 Å². The maximum atomic E-state index is 13.7. The summed E-state index contributed by atoms with van der Waals surface area (Å²) in [4.78, 5) is 39.2. The first-order chi connectivity index (χ1) is 19.2. The van der Waals surface area contributed by atoms with Crippen molar-refractivity contribution in [3.8, 4) is 16.5 Å². The molecule has 0 spiro atoms. The summed E-state index contributed by atoms with van der Waals surface area (Å²) in [6.45, 7) is 1.91. The number of likely N-dealkylation sites (tertiary alicyclic amines) is 1. The van der Waals surface area contributed by atoms with E-state index in [0.717, 1.165) is 49.2 Å². The smallest absolute Gasteiger partial charge is 0.302 e. The van der Waals surface area contributed by atoms with Crippen molar-refractivity contribution in [1.82, 2.24) is 23.8 Å². The number of ether oxygens (including phenoxy) is 1. The van der Waals surface area contributed by atoms with Gasteiger partial charge in [0.1, 0.15) is 18.2 Å². The number of hydrogen-bond donors (Lipinski definition) is 0. The third kappa shape index (κ3) is 5.49. The minimum atomic E-state index is -0.324. The predicted molar refractivity (Wildman–Crippen MR) is 151 cm³/mol. The fraction of sp³-hybridized carbons (Fsp3) is 0.267. The molecule has 9 heteroatoms. The van der Waals surface area contributed by atoms with Crippen LogP contribution in [0.15, 0.2) is 84.0 Å². The molecular formula is C30H29N5O3S. The number of carbonyl (C=O) groups is 1. The average molecular weight is 540 g/mol. The molecule has 4 heterocycles. The number of benzene rings is 2. The number of piperidine rings is 1. The molecule has 1 fully saturated rings. The van der Waals surface area contributed by atoms with Crippen LogP contribution in [-0.2, 0) is 24.4 Å². The van der Waals surface area contributed by atoms with Crippen molar-refractivity contribution in [3.63, 3.8) is 0 Å². The van der Waals surface area contributed by atoms with Gasteiger partial charge in [0.05, 0.1) is 0 Å². The number of thiazole rings is 1. The van der Waals surface area contributed by atoms with Gasteiger partial charge >= 0.3 is 5.56 Å². The van der Waals surface area contributed by atoms with Gasteiger partial charge in [-0.15, -0.1) is 11.3 Å². The number of fused-ring (bicyclic) bond motifs is 1. The SMILES string of the molecule is O=C(Cn1ccn2c(=O)c(OCc3ccccc3)c(-c3ncc(Cc4ccccc4)s3)nc12)N1CCCCC1. The molecule has 1 aliphatic rings. The third-order valence-corrected chi connectivity index (χ3v) is 7.93. The first-order valence-corrected chi connectivity index (χ1v) is 14.0. The Morgan fingerprint density at radius 2 is 1.64 bits per heavy atom. The van der Waals surface area contributed by atoms with E-state index in [4.69, 9.17) is 9.72 Å². The average Bonchev–Trinajstić information content (AvgIpc) is 3.61. The summed E-state index contributed by atoms with van der Waals surface area (Å²) in [5.41, 5.74) is 2.20. The number of carbonyl (C=O) groups excluding carboxylic acids is 1. The molecule has 3 aromatic heterocycles. The number of hydrogen-bond acceptors (Lipinski definition) is 6. The van der Waals surface area contributed by atoms with Crippen LogP contribution >= 0.6 is 11.3 Å². The number of rotatable bonds is 8. The molecule has 1 amide bonds. The van der Waals surface area contributed by atoms with Crippen molar-refractivity contribution < 1.29 is 9.53 Å². The molecule has 1 aliphatic heterocycles. The Kier molecular flexibility index (Phi) is 7.23. The van der Waals surface area contributed by atoms with E-state index in [1.54, 1.807) is 17.0 Å². The monoisotopic (exact) mass is 539 g/mol. The molecule has 5 aromatic rings. The molecule has 0 bridgehead atoms. The van der Waals surface area contributed by atoms with Gasteiger partial charge in [-0.2, -0.15) is 0 Å². The van der Waals surface area contributed by atoms with Gasteiger partial charge in [0, 0.05) is 43.0 Å². The van der Waals surface area contributed by atoms with Gasteiger partial charge in [-0.05, 0) is 30.4 Å². The van der Waals surface area contributed by atoms with Crippen molar-refractivity contribution in [3.05, 3.63) is 106 Å². The second kappa shape index (κ2) is 11.2.